The van der Waals surface area contributed by atoms with Crippen LogP contribution in [0.1, 0.15) is 19.8 Å². The molecule has 8 nitrogen and oxygen atoms in total. The van der Waals surface area contributed by atoms with Gasteiger partial charge in [-0.2, -0.15) is 5.10 Å². The fraction of sp³-hybridized carbons (Fsp3) is 0.421. The van der Waals surface area contributed by atoms with Crippen LogP contribution in [0, 0.1) is 0 Å². The molecule has 2 aromatic rings. The van der Waals surface area contributed by atoms with Gasteiger partial charge in [-0.1, -0.05) is 6.07 Å². The van der Waals surface area contributed by atoms with Crippen molar-refractivity contribution in [2.24, 2.45) is 0 Å². The van der Waals surface area contributed by atoms with Crippen molar-refractivity contribution in [3.63, 3.8) is 0 Å². The molecule has 1 aliphatic rings. The van der Waals surface area contributed by atoms with Gasteiger partial charge in [0.25, 0.3) is 0 Å². The van der Waals surface area contributed by atoms with E-state index in [1.165, 1.54) is 0 Å². The lowest BCUT2D eigenvalue weighted by molar-refractivity contribution is -0.127. The highest BCUT2D eigenvalue weighted by molar-refractivity contribution is 5.89. The molecule has 0 saturated carbocycles. The lowest BCUT2D eigenvalue weighted by Gasteiger charge is -2.21. The maximum absolute atomic E-state index is 12.2. The van der Waals surface area contributed by atoms with Crippen molar-refractivity contribution < 1.29 is 14.3 Å². The maximum atomic E-state index is 12.2. The SMILES string of the molecule is CC(CN1CCCC1=O)NC(=O)Nc1cccc(OCCn2cccn2)c1. The van der Waals surface area contributed by atoms with E-state index in [2.05, 4.69) is 15.7 Å². The standard InChI is InChI=1S/C19H25N5O3/c1-15(14-23-9-3-7-18(23)25)21-19(26)22-16-5-2-6-17(13-16)27-12-11-24-10-4-8-20-24/h2,4-6,8,10,13,15H,3,7,9,11-12,14H2,1H3,(H2,21,22,26). The number of carbonyl (C=O) groups is 2. The number of nitrogens with zero attached hydrogens (tertiary/aromatic N) is 3. The molecule has 8 heteroatoms. The van der Waals surface area contributed by atoms with Gasteiger partial charge in [0.05, 0.1) is 6.54 Å². The summed E-state index contributed by atoms with van der Waals surface area (Å²) in [5.41, 5.74) is 0.647. The smallest absolute Gasteiger partial charge is 0.319 e. The minimum absolute atomic E-state index is 0.124. The third kappa shape index (κ3) is 5.73. The summed E-state index contributed by atoms with van der Waals surface area (Å²) in [7, 11) is 0. The zero-order chi connectivity index (χ0) is 19.1. The van der Waals surface area contributed by atoms with Crippen molar-refractivity contribution in [3.05, 3.63) is 42.7 Å². The molecule has 1 aromatic heterocycles. The van der Waals surface area contributed by atoms with Crippen LogP contribution in [0.15, 0.2) is 42.7 Å². The first-order valence-corrected chi connectivity index (χ1v) is 9.16. The fourth-order valence-electron chi connectivity index (χ4n) is 3.02. The van der Waals surface area contributed by atoms with E-state index in [1.807, 2.05) is 31.3 Å². The monoisotopic (exact) mass is 371 g/mol. The number of likely N-dealkylation sites (tertiary alicyclic amines) is 1. The maximum Gasteiger partial charge on any atom is 0.319 e. The lowest BCUT2D eigenvalue weighted by Crippen LogP contribution is -2.44. The van der Waals surface area contributed by atoms with Gasteiger partial charge in [-0.25, -0.2) is 4.79 Å². The lowest BCUT2D eigenvalue weighted by atomic mass is 10.3. The molecule has 0 bridgehead atoms. The predicted molar refractivity (Wildman–Crippen MR) is 102 cm³/mol. The highest BCUT2D eigenvalue weighted by atomic mass is 16.5. The minimum Gasteiger partial charge on any atom is -0.492 e. The summed E-state index contributed by atoms with van der Waals surface area (Å²) in [6.07, 6.45) is 5.10. The number of benzene rings is 1. The van der Waals surface area contributed by atoms with E-state index in [-0.39, 0.29) is 18.0 Å². The summed E-state index contributed by atoms with van der Waals surface area (Å²) in [6, 6.07) is 8.68. The molecule has 0 radical (unpaired) electrons. The Morgan fingerprint density at radius 1 is 1.37 bits per heavy atom. The van der Waals surface area contributed by atoms with Gasteiger partial charge in [0, 0.05) is 49.7 Å². The molecule has 1 aromatic carbocycles. The normalized spacial score (nSPS) is 14.9. The van der Waals surface area contributed by atoms with Gasteiger partial charge in [0.2, 0.25) is 5.91 Å². The van der Waals surface area contributed by atoms with Gasteiger partial charge in [-0.15, -0.1) is 0 Å². The Kier molecular flexibility index (Phi) is 6.30. The first-order chi connectivity index (χ1) is 13.1. The Morgan fingerprint density at radius 3 is 3.00 bits per heavy atom. The molecule has 3 rings (SSSR count). The summed E-state index contributed by atoms with van der Waals surface area (Å²) < 4.78 is 7.50. The molecule has 0 spiro atoms. The van der Waals surface area contributed by atoms with Gasteiger partial charge >= 0.3 is 6.03 Å². The average molecular weight is 371 g/mol. The molecular weight excluding hydrogens is 346 g/mol. The Balaban J connectivity index is 1.43. The van der Waals surface area contributed by atoms with Gasteiger partial charge in [0.1, 0.15) is 12.4 Å². The topological polar surface area (TPSA) is 88.5 Å². The molecule has 27 heavy (non-hydrogen) atoms. The van der Waals surface area contributed by atoms with Crippen LogP contribution in [0.2, 0.25) is 0 Å². The van der Waals surface area contributed by atoms with Gasteiger partial charge < -0.3 is 20.3 Å². The van der Waals surface area contributed by atoms with Crippen LogP contribution in [-0.2, 0) is 11.3 Å². The number of amides is 3. The van der Waals surface area contributed by atoms with E-state index in [0.29, 0.717) is 37.6 Å². The summed E-state index contributed by atoms with van der Waals surface area (Å²) in [4.78, 5) is 25.6. The van der Waals surface area contributed by atoms with E-state index in [1.54, 1.807) is 27.9 Å². The number of rotatable bonds is 8. The quantitative estimate of drug-likeness (QED) is 0.744. The van der Waals surface area contributed by atoms with Crippen LogP contribution in [0.3, 0.4) is 0 Å². The summed E-state index contributed by atoms with van der Waals surface area (Å²) >= 11 is 0. The molecule has 144 valence electrons. The van der Waals surface area contributed by atoms with Gasteiger partial charge in [0.15, 0.2) is 0 Å². The Morgan fingerprint density at radius 2 is 2.26 bits per heavy atom. The molecule has 2 N–H and O–H groups in total. The third-order valence-corrected chi connectivity index (χ3v) is 4.28. The van der Waals surface area contributed by atoms with E-state index >= 15 is 0 Å². The van der Waals surface area contributed by atoms with Crippen molar-refractivity contribution in [2.45, 2.75) is 32.4 Å². The van der Waals surface area contributed by atoms with Crippen molar-refractivity contribution in [1.29, 1.82) is 0 Å². The van der Waals surface area contributed by atoms with Gasteiger partial charge in [-0.05, 0) is 31.5 Å². The molecule has 1 atom stereocenters. The molecule has 1 fully saturated rings. The van der Waals surface area contributed by atoms with E-state index < -0.39 is 0 Å². The molecule has 3 amide bonds. The molecule has 1 unspecified atom stereocenters. The Bertz CT molecular complexity index is 762. The molecule has 1 saturated heterocycles. The van der Waals surface area contributed by atoms with Crippen LogP contribution in [-0.4, -0.2) is 52.4 Å². The fourth-order valence-corrected chi connectivity index (χ4v) is 3.02. The number of hydrogen-bond acceptors (Lipinski definition) is 4. The number of hydrogen-bond donors (Lipinski definition) is 2. The van der Waals surface area contributed by atoms with Gasteiger partial charge in [-0.3, -0.25) is 9.48 Å². The summed E-state index contributed by atoms with van der Waals surface area (Å²) in [5, 5.41) is 9.78. The van der Waals surface area contributed by atoms with Crippen LogP contribution in [0.4, 0.5) is 10.5 Å². The number of ether oxygens (including phenoxy) is 1. The Labute approximate surface area is 158 Å². The zero-order valence-corrected chi connectivity index (χ0v) is 15.4. The average Bonchev–Trinajstić information content (AvgIpc) is 3.27. The number of carbonyl (C=O) groups excluding carboxylic acids is 2. The van der Waals surface area contributed by atoms with Crippen molar-refractivity contribution in [3.8, 4) is 5.75 Å². The zero-order valence-electron chi connectivity index (χ0n) is 15.4. The molecular formula is C19H25N5O3. The number of aromatic nitrogens is 2. The second-order valence-electron chi connectivity index (χ2n) is 6.59. The van der Waals surface area contributed by atoms with E-state index in [4.69, 9.17) is 4.74 Å². The Hall–Kier alpha value is -3.03. The number of anilines is 1. The highest BCUT2D eigenvalue weighted by Crippen LogP contribution is 2.17. The number of urea groups is 1. The van der Waals surface area contributed by atoms with E-state index in [0.717, 1.165) is 13.0 Å². The molecule has 1 aliphatic heterocycles. The third-order valence-electron chi connectivity index (χ3n) is 4.28. The van der Waals surface area contributed by atoms with Crippen molar-refractivity contribution in [2.75, 3.05) is 25.0 Å². The largest absolute Gasteiger partial charge is 0.492 e. The molecule has 2 heterocycles. The summed E-state index contributed by atoms with van der Waals surface area (Å²) in [6.45, 7) is 4.32. The summed E-state index contributed by atoms with van der Waals surface area (Å²) in [5.74, 6) is 0.833. The van der Waals surface area contributed by atoms with Crippen LogP contribution < -0.4 is 15.4 Å². The van der Waals surface area contributed by atoms with Crippen molar-refractivity contribution in [1.82, 2.24) is 20.0 Å². The van der Waals surface area contributed by atoms with Crippen LogP contribution in [0.25, 0.3) is 0 Å². The van der Waals surface area contributed by atoms with Crippen molar-refractivity contribution >= 4 is 17.6 Å². The second kappa shape index (κ2) is 9.07. The first-order valence-electron chi connectivity index (χ1n) is 9.16. The highest BCUT2D eigenvalue weighted by Gasteiger charge is 2.22. The first kappa shape index (κ1) is 18.8. The van der Waals surface area contributed by atoms with Crippen LogP contribution >= 0.6 is 0 Å². The minimum atomic E-state index is -0.303. The van der Waals surface area contributed by atoms with Crippen LogP contribution in [0.5, 0.6) is 5.75 Å². The second-order valence-corrected chi connectivity index (χ2v) is 6.59. The van der Waals surface area contributed by atoms with E-state index in [9.17, 15) is 9.59 Å². The number of nitrogens with one attached hydrogen (secondary N) is 2. The molecule has 0 aliphatic carbocycles. The predicted octanol–water partition coefficient (Wildman–Crippen LogP) is 2.09.